The Morgan fingerprint density at radius 3 is 2.23 bits per heavy atom. The van der Waals surface area contributed by atoms with Crippen LogP contribution in [-0.2, 0) is 15.0 Å². The molecule has 8 nitrogen and oxygen atoms in total. The molecule has 1 fully saturated rings. The Balaban J connectivity index is 1.84. The zero-order chi connectivity index (χ0) is 19.2. The van der Waals surface area contributed by atoms with Crippen LogP contribution in [0.3, 0.4) is 0 Å². The first kappa shape index (κ1) is 20.3. The van der Waals surface area contributed by atoms with Gasteiger partial charge in [-0.15, -0.1) is 0 Å². The molecule has 1 aromatic rings. The number of nitriles is 1. The molecule has 9 heteroatoms. The number of nitrogens with one attached hydrogen (secondary N) is 1. The summed E-state index contributed by atoms with van der Waals surface area (Å²) in [5.41, 5.74) is 1.17. The summed E-state index contributed by atoms with van der Waals surface area (Å²) in [5.74, 6) is -0.158. The lowest BCUT2D eigenvalue weighted by Crippen LogP contribution is -2.54. The number of hydrogen-bond acceptors (Lipinski definition) is 5. The van der Waals surface area contributed by atoms with E-state index >= 15 is 0 Å². The van der Waals surface area contributed by atoms with Gasteiger partial charge in [0, 0.05) is 45.0 Å². The molecule has 1 N–H and O–H groups in total. The third kappa shape index (κ3) is 5.02. The second-order valence-electron chi connectivity index (χ2n) is 6.00. The summed E-state index contributed by atoms with van der Waals surface area (Å²) >= 11 is 0. The summed E-state index contributed by atoms with van der Waals surface area (Å²) in [5, 5.41) is 11.6. The molecule has 0 bridgehead atoms. The molecule has 1 heterocycles. The van der Waals surface area contributed by atoms with Crippen LogP contribution in [0.25, 0.3) is 0 Å². The summed E-state index contributed by atoms with van der Waals surface area (Å²) in [6, 6.07) is 8.69. The predicted molar refractivity (Wildman–Crippen MR) is 99.6 cm³/mol. The van der Waals surface area contributed by atoms with Gasteiger partial charge in [0.15, 0.2) is 0 Å². The minimum atomic E-state index is -3.42. The quantitative estimate of drug-likeness (QED) is 0.752. The molecule has 142 valence electrons. The van der Waals surface area contributed by atoms with Gasteiger partial charge in [-0.2, -0.15) is 22.3 Å². The number of piperazine rings is 1. The summed E-state index contributed by atoms with van der Waals surface area (Å²) in [6.07, 6.45) is 0. The number of nitrogens with zero attached hydrogens (tertiary/aromatic N) is 4. The van der Waals surface area contributed by atoms with Crippen molar-refractivity contribution in [2.24, 2.45) is 0 Å². The number of carbonyl (C=O) groups is 1. The zero-order valence-electron chi connectivity index (χ0n) is 15.2. The first-order chi connectivity index (χ1) is 12.4. The third-order valence-corrected chi connectivity index (χ3v) is 6.54. The van der Waals surface area contributed by atoms with Gasteiger partial charge >= 0.3 is 0 Å². The van der Waals surface area contributed by atoms with Crippen LogP contribution in [0.4, 0.5) is 5.69 Å². The SMILES string of the molecule is CCN(CC)S(=O)(=O)N1CCN(CC(=O)Nc2ccc(C#N)cc2)CC1. The topological polar surface area (TPSA) is 96.8 Å². The van der Waals surface area contributed by atoms with Crippen molar-refractivity contribution >= 4 is 21.8 Å². The van der Waals surface area contributed by atoms with Crippen LogP contribution in [0.15, 0.2) is 24.3 Å². The number of benzene rings is 1. The van der Waals surface area contributed by atoms with Gasteiger partial charge in [-0.3, -0.25) is 9.69 Å². The van der Waals surface area contributed by atoms with Crippen LogP contribution >= 0.6 is 0 Å². The monoisotopic (exact) mass is 379 g/mol. The van der Waals surface area contributed by atoms with Crippen molar-refractivity contribution in [3.63, 3.8) is 0 Å². The van der Waals surface area contributed by atoms with E-state index in [1.807, 2.05) is 24.8 Å². The van der Waals surface area contributed by atoms with Crippen molar-refractivity contribution in [1.82, 2.24) is 13.5 Å². The van der Waals surface area contributed by atoms with Crippen LogP contribution in [0.2, 0.25) is 0 Å². The fourth-order valence-electron chi connectivity index (χ4n) is 2.86. The summed E-state index contributed by atoms with van der Waals surface area (Å²) in [7, 11) is -3.42. The second-order valence-corrected chi connectivity index (χ2v) is 7.93. The lowest BCUT2D eigenvalue weighted by Gasteiger charge is -2.35. The van der Waals surface area contributed by atoms with Crippen LogP contribution in [0, 0.1) is 11.3 Å². The maximum Gasteiger partial charge on any atom is 0.282 e. The maximum absolute atomic E-state index is 12.5. The van der Waals surface area contributed by atoms with Crippen molar-refractivity contribution in [3.05, 3.63) is 29.8 Å². The van der Waals surface area contributed by atoms with Crippen molar-refractivity contribution < 1.29 is 13.2 Å². The maximum atomic E-state index is 12.5. The van der Waals surface area contributed by atoms with E-state index in [4.69, 9.17) is 5.26 Å². The van der Waals surface area contributed by atoms with E-state index in [9.17, 15) is 13.2 Å². The number of hydrogen-bond donors (Lipinski definition) is 1. The molecule has 1 amide bonds. The Bertz CT molecular complexity index is 746. The Labute approximate surface area is 155 Å². The molecular formula is C17H25N5O3S. The molecule has 0 unspecified atom stereocenters. The average molecular weight is 379 g/mol. The van der Waals surface area contributed by atoms with Crippen LogP contribution in [0.1, 0.15) is 19.4 Å². The molecule has 26 heavy (non-hydrogen) atoms. The molecule has 0 saturated carbocycles. The van der Waals surface area contributed by atoms with Gasteiger partial charge in [0.25, 0.3) is 10.2 Å². The van der Waals surface area contributed by atoms with Gasteiger partial charge < -0.3 is 5.32 Å². The molecule has 1 aliphatic rings. The summed E-state index contributed by atoms with van der Waals surface area (Å²) < 4.78 is 27.9. The average Bonchev–Trinajstić information content (AvgIpc) is 2.63. The molecular weight excluding hydrogens is 354 g/mol. The van der Waals surface area contributed by atoms with E-state index in [0.717, 1.165) is 0 Å². The Hall–Kier alpha value is -1.99. The molecule has 0 atom stereocenters. The van der Waals surface area contributed by atoms with E-state index in [1.54, 1.807) is 24.3 Å². The van der Waals surface area contributed by atoms with Gasteiger partial charge in [0.1, 0.15) is 0 Å². The van der Waals surface area contributed by atoms with Crippen LogP contribution in [-0.4, -0.2) is 73.6 Å². The number of anilines is 1. The summed E-state index contributed by atoms with van der Waals surface area (Å²) in [4.78, 5) is 14.1. The minimum absolute atomic E-state index is 0.158. The van der Waals surface area contributed by atoms with E-state index in [-0.39, 0.29) is 12.5 Å². The standard InChI is InChI=1S/C17H25N5O3S/c1-3-21(4-2)26(24,25)22-11-9-20(10-12-22)14-17(23)19-16-7-5-15(13-18)6-8-16/h5-8H,3-4,9-12,14H2,1-2H3,(H,19,23). The molecule has 1 saturated heterocycles. The smallest absolute Gasteiger partial charge is 0.282 e. The molecule has 1 aliphatic heterocycles. The Morgan fingerprint density at radius 1 is 1.15 bits per heavy atom. The van der Waals surface area contributed by atoms with Gasteiger partial charge in [-0.1, -0.05) is 13.8 Å². The molecule has 2 rings (SSSR count). The normalized spacial score (nSPS) is 16.4. The van der Waals surface area contributed by atoms with Crippen molar-refractivity contribution in [2.75, 3.05) is 51.1 Å². The first-order valence-corrected chi connectivity index (χ1v) is 10.1. The van der Waals surface area contributed by atoms with Crippen molar-refractivity contribution in [1.29, 1.82) is 5.26 Å². The first-order valence-electron chi connectivity index (χ1n) is 8.68. The lowest BCUT2D eigenvalue weighted by molar-refractivity contribution is -0.117. The van der Waals surface area contributed by atoms with E-state index in [2.05, 4.69) is 5.32 Å². The van der Waals surface area contributed by atoms with E-state index < -0.39 is 10.2 Å². The van der Waals surface area contributed by atoms with Gasteiger partial charge in [-0.05, 0) is 24.3 Å². The predicted octanol–water partition coefficient (Wildman–Crippen LogP) is 0.701. The second kappa shape index (κ2) is 9.09. The molecule has 0 spiro atoms. The summed E-state index contributed by atoms with van der Waals surface area (Å²) in [6.45, 7) is 6.54. The van der Waals surface area contributed by atoms with Crippen molar-refractivity contribution in [2.45, 2.75) is 13.8 Å². The van der Waals surface area contributed by atoms with Gasteiger partial charge in [-0.25, -0.2) is 0 Å². The van der Waals surface area contributed by atoms with E-state index in [0.29, 0.717) is 50.5 Å². The van der Waals surface area contributed by atoms with E-state index in [1.165, 1.54) is 8.61 Å². The van der Waals surface area contributed by atoms with Crippen LogP contribution < -0.4 is 5.32 Å². The fraction of sp³-hybridized carbons (Fsp3) is 0.529. The highest BCUT2D eigenvalue weighted by Crippen LogP contribution is 2.13. The Morgan fingerprint density at radius 2 is 1.73 bits per heavy atom. The zero-order valence-corrected chi connectivity index (χ0v) is 16.0. The molecule has 0 radical (unpaired) electrons. The highest BCUT2D eigenvalue weighted by atomic mass is 32.2. The lowest BCUT2D eigenvalue weighted by atomic mass is 10.2. The molecule has 1 aromatic carbocycles. The number of carbonyl (C=O) groups excluding carboxylic acids is 1. The highest BCUT2D eigenvalue weighted by molar-refractivity contribution is 7.86. The van der Waals surface area contributed by atoms with Crippen molar-refractivity contribution in [3.8, 4) is 6.07 Å². The Kier molecular flexibility index (Phi) is 7.11. The molecule has 0 aliphatic carbocycles. The number of amides is 1. The van der Waals surface area contributed by atoms with Gasteiger partial charge in [0.05, 0.1) is 18.2 Å². The minimum Gasteiger partial charge on any atom is -0.325 e. The largest absolute Gasteiger partial charge is 0.325 e. The highest BCUT2D eigenvalue weighted by Gasteiger charge is 2.31. The van der Waals surface area contributed by atoms with Gasteiger partial charge in [0.2, 0.25) is 5.91 Å². The van der Waals surface area contributed by atoms with Crippen LogP contribution in [0.5, 0.6) is 0 Å². The fourth-order valence-corrected chi connectivity index (χ4v) is 4.47. The number of rotatable bonds is 7. The third-order valence-electron chi connectivity index (χ3n) is 4.35. The molecule has 0 aromatic heterocycles.